The Morgan fingerprint density at radius 2 is 1.97 bits per heavy atom. The van der Waals surface area contributed by atoms with Crippen LogP contribution in [0.5, 0.6) is 0 Å². The second-order valence-corrected chi connectivity index (χ2v) is 9.04. The van der Waals surface area contributed by atoms with E-state index in [1.807, 2.05) is 0 Å². The van der Waals surface area contributed by atoms with E-state index < -0.39 is 22.8 Å². The van der Waals surface area contributed by atoms with Crippen molar-refractivity contribution in [3.05, 3.63) is 23.8 Å². The lowest BCUT2D eigenvalue weighted by molar-refractivity contribution is -0.129. The Kier molecular flexibility index (Phi) is 12.7. The Morgan fingerprint density at radius 3 is 2.67 bits per heavy atom. The van der Waals surface area contributed by atoms with Crippen LogP contribution in [-0.2, 0) is 39.5 Å². The summed E-state index contributed by atoms with van der Waals surface area (Å²) < 4.78 is 43.7. The Morgan fingerprint density at radius 1 is 1.19 bits per heavy atom. The molecule has 0 saturated carbocycles. The normalized spacial score (nSPS) is 12.2. The van der Waals surface area contributed by atoms with Gasteiger partial charge in [0.05, 0.1) is 50.2 Å². The van der Waals surface area contributed by atoms with Crippen LogP contribution >= 0.6 is 12.0 Å². The molecule has 16 nitrogen and oxygen atoms in total. The lowest BCUT2D eigenvalue weighted by atomic mass is 10.2. The van der Waals surface area contributed by atoms with Crippen molar-refractivity contribution in [1.82, 2.24) is 25.7 Å². The minimum atomic E-state index is -4.02. The summed E-state index contributed by atoms with van der Waals surface area (Å²) in [5.41, 5.74) is 3.23. The standard InChI is InChI=1S/C18H27N7O9S2/c1-31-10-19-9-21-34-35-18-24-16(20-6-13(28)7-26)23-17(25-18)22-15-5-14(36(29,30)32-2)4-3-12(15)8-33-11-27/h3-5,11,13,19,21,26,28H,6-10H2,1-2H3,(H2,20,22,23,24,25). The van der Waals surface area contributed by atoms with Gasteiger partial charge in [-0.3, -0.25) is 14.3 Å². The molecular formula is C18H27N7O9S2. The highest BCUT2D eigenvalue weighted by Crippen LogP contribution is 2.26. The number of aromatic nitrogens is 3. The fraction of sp³-hybridized carbons (Fsp3) is 0.444. The van der Waals surface area contributed by atoms with Crippen molar-refractivity contribution >= 4 is 46.2 Å². The van der Waals surface area contributed by atoms with Gasteiger partial charge in [0.25, 0.3) is 16.6 Å². The van der Waals surface area contributed by atoms with Gasteiger partial charge in [0.2, 0.25) is 17.1 Å². The van der Waals surface area contributed by atoms with Crippen LogP contribution in [0.3, 0.4) is 0 Å². The van der Waals surface area contributed by atoms with Crippen LogP contribution in [0.15, 0.2) is 28.3 Å². The molecule has 0 aliphatic rings. The average Bonchev–Trinajstić information content (AvgIpc) is 2.88. The van der Waals surface area contributed by atoms with E-state index in [0.29, 0.717) is 12.3 Å². The largest absolute Gasteiger partial charge is 0.463 e. The van der Waals surface area contributed by atoms with E-state index in [1.165, 1.54) is 25.3 Å². The number of carbonyl (C=O) groups excluding carboxylic acids is 1. The molecule has 0 bridgehead atoms. The van der Waals surface area contributed by atoms with E-state index >= 15 is 0 Å². The minimum absolute atomic E-state index is 0.0231. The van der Waals surface area contributed by atoms with Crippen LogP contribution in [0.25, 0.3) is 0 Å². The van der Waals surface area contributed by atoms with Crippen LogP contribution in [0, 0.1) is 0 Å². The summed E-state index contributed by atoms with van der Waals surface area (Å²) >= 11 is 0.754. The summed E-state index contributed by atoms with van der Waals surface area (Å²) in [6.45, 7) is 0.0990. The lowest BCUT2D eigenvalue weighted by Gasteiger charge is -2.14. The second-order valence-electron chi connectivity index (χ2n) is 6.63. The third-order valence-corrected chi connectivity index (χ3v) is 5.89. The van der Waals surface area contributed by atoms with Crippen LogP contribution in [0.4, 0.5) is 17.6 Å². The Balaban J connectivity index is 2.32. The third kappa shape index (κ3) is 9.76. The molecule has 0 aliphatic carbocycles. The number of aliphatic hydroxyl groups excluding tert-OH is 2. The fourth-order valence-electron chi connectivity index (χ4n) is 2.40. The van der Waals surface area contributed by atoms with Crippen molar-refractivity contribution in [2.24, 2.45) is 0 Å². The zero-order chi connectivity index (χ0) is 26.4. The van der Waals surface area contributed by atoms with Crippen molar-refractivity contribution in [3.63, 3.8) is 0 Å². The maximum Gasteiger partial charge on any atom is 0.296 e. The molecule has 1 unspecified atom stereocenters. The molecule has 1 aromatic carbocycles. The van der Waals surface area contributed by atoms with Crippen molar-refractivity contribution in [2.45, 2.75) is 22.8 Å². The van der Waals surface area contributed by atoms with Crippen LogP contribution in [-0.4, -0.2) is 86.9 Å². The first kappa shape index (κ1) is 29.5. The molecule has 0 aliphatic heterocycles. The van der Waals surface area contributed by atoms with Crippen LogP contribution in [0.1, 0.15) is 5.56 Å². The zero-order valence-electron chi connectivity index (χ0n) is 19.3. The van der Waals surface area contributed by atoms with Crippen LogP contribution < -0.4 is 21.4 Å². The van der Waals surface area contributed by atoms with E-state index in [0.717, 1.165) is 19.2 Å². The number of benzene rings is 1. The van der Waals surface area contributed by atoms with Gasteiger partial charge in [-0.2, -0.15) is 28.8 Å². The number of methoxy groups -OCH3 is 1. The van der Waals surface area contributed by atoms with Gasteiger partial charge < -0.3 is 30.3 Å². The van der Waals surface area contributed by atoms with E-state index in [2.05, 4.69) is 40.6 Å². The van der Waals surface area contributed by atoms with E-state index in [9.17, 15) is 18.3 Å². The third-order valence-electron chi connectivity index (χ3n) is 4.08. The monoisotopic (exact) mass is 549 g/mol. The molecule has 200 valence electrons. The Bertz CT molecular complexity index is 1080. The number of ether oxygens (including phenoxy) is 2. The highest BCUT2D eigenvalue weighted by atomic mass is 32.2. The van der Waals surface area contributed by atoms with Gasteiger partial charge in [0.15, 0.2) is 0 Å². The molecule has 2 rings (SSSR count). The van der Waals surface area contributed by atoms with Gasteiger partial charge >= 0.3 is 0 Å². The molecule has 1 heterocycles. The summed E-state index contributed by atoms with van der Waals surface area (Å²) in [5, 5.41) is 27.2. The van der Waals surface area contributed by atoms with Crippen molar-refractivity contribution < 1.29 is 41.4 Å². The van der Waals surface area contributed by atoms with Gasteiger partial charge in [0.1, 0.15) is 6.61 Å². The number of hydroxylamine groups is 1. The maximum atomic E-state index is 12.2. The fourth-order valence-corrected chi connectivity index (χ4v) is 3.53. The Labute approximate surface area is 211 Å². The van der Waals surface area contributed by atoms with Gasteiger partial charge in [-0.1, -0.05) is 6.07 Å². The summed E-state index contributed by atoms with van der Waals surface area (Å²) in [6.07, 6.45) is -1.07. The summed E-state index contributed by atoms with van der Waals surface area (Å²) in [4.78, 5) is 23.1. The summed E-state index contributed by atoms with van der Waals surface area (Å²) in [5.74, 6) is -0.0103. The molecule has 2 aromatic rings. The minimum Gasteiger partial charge on any atom is -0.463 e. The number of rotatable bonds is 18. The molecule has 0 amide bonds. The second kappa shape index (κ2) is 15.4. The lowest BCUT2D eigenvalue weighted by Crippen LogP contribution is -2.29. The van der Waals surface area contributed by atoms with Gasteiger partial charge in [0, 0.05) is 24.9 Å². The van der Waals surface area contributed by atoms with Crippen molar-refractivity contribution in [3.8, 4) is 0 Å². The zero-order valence-corrected chi connectivity index (χ0v) is 21.0. The highest BCUT2D eigenvalue weighted by Gasteiger charge is 2.17. The molecule has 1 aromatic heterocycles. The molecule has 6 N–H and O–H groups in total. The first-order valence-corrected chi connectivity index (χ1v) is 12.3. The van der Waals surface area contributed by atoms with Gasteiger partial charge in [-0.05, 0) is 12.1 Å². The van der Waals surface area contributed by atoms with Crippen LogP contribution in [0.2, 0.25) is 0 Å². The van der Waals surface area contributed by atoms with Gasteiger partial charge in [-0.15, -0.1) is 0 Å². The number of aliphatic hydroxyl groups is 2. The number of nitrogens with zero attached hydrogens (tertiary/aromatic N) is 3. The predicted molar refractivity (Wildman–Crippen MR) is 126 cm³/mol. The number of nitrogens with one attached hydrogen (secondary N) is 4. The number of carbonyl (C=O) groups is 1. The Hall–Kier alpha value is -2.68. The SMILES string of the molecule is COCNCNOSc1nc(NCC(O)CO)nc(Nc2cc(S(=O)(=O)OC)ccc2COC=O)n1. The predicted octanol–water partition coefficient (Wildman–Crippen LogP) is -0.932. The molecular weight excluding hydrogens is 522 g/mol. The number of hydrogen-bond acceptors (Lipinski definition) is 17. The first-order valence-electron chi connectivity index (χ1n) is 10.1. The number of hydrogen-bond donors (Lipinski definition) is 6. The molecule has 0 radical (unpaired) electrons. The topological polar surface area (TPSA) is 215 Å². The molecule has 1 atom stereocenters. The van der Waals surface area contributed by atoms with Crippen molar-refractivity contribution in [2.75, 3.05) is 51.4 Å². The van der Waals surface area contributed by atoms with Crippen molar-refractivity contribution in [1.29, 1.82) is 0 Å². The maximum absolute atomic E-state index is 12.2. The number of anilines is 3. The van der Waals surface area contributed by atoms with E-state index in [-0.39, 0.29) is 53.9 Å². The first-order chi connectivity index (χ1) is 17.3. The quantitative estimate of drug-likeness (QED) is 0.0330. The van der Waals surface area contributed by atoms with E-state index in [1.54, 1.807) is 0 Å². The van der Waals surface area contributed by atoms with E-state index in [4.69, 9.17) is 18.9 Å². The summed E-state index contributed by atoms with van der Waals surface area (Å²) in [6, 6.07) is 4.00. The molecule has 0 saturated heterocycles. The molecule has 18 heteroatoms. The highest BCUT2D eigenvalue weighted by molar-refractivity contribution is 7.94. The average molecular weight is 550 g/mol. The molecule has 0 fully saturated rings. The summed E-state index contributed by atoms with van der Waals surface area (Å²) in [7, 11) is -1.47. The smallest absolute Gasteiger partial charge is 0.296 e. The molecule has 0 spiro atoms. The molecule has 36 heavy (non-hydrogen) atoms. The van der Waals surface area contributed by atoms with Gasteiger partial charge in [-0.25, -0.2) is 4.28 Å².